The SMILES string of the molecule is C#CCCOC(=O)N(C)Cc1cc(NC(=O)[C@H](CCCNC(N)=O)NC(=O)[C@@H](NC(=O)OC(C)(C)C)C(C)C)ccc1CO[Si](c1ccccc1)(c1ccccc1)C(C)(C)C. The number of nitrogens with zero attached hydrogens (tertiary/aromatic N) is 1. The van der Waals surface area contributed by atoms with Crippen molar-refractivity contribution in [1.29, 1.82) is 0 Å². The predicted molar refractivity (Wildman–Crippen MR) is 240 cm³/mol. The average Bonchev–Trinajstić information content (AvgIpc) is 3.18. The number of hydrogen-bond donors (Lipinski definition) is 5. The van der Waals surface area contributed by atoms with Gasteiger partial charge in [-0.2, -0.15) is 0 Å². The molecule has 14 nitrogen and oxygen atoms in total. The van der Waals surface area contributed by atoms with Crippen LogP contribution in [0.15, 0.2) is 78.9 Å². The molecule has 0 aliphatic carbocycles. The van der Waals surface area contributed by atoms with Gasteiger partial charge >= 0.3 is 18.2 Å². The molecular formula is C46H64N6O8Si. The number of nitrogens with one attached hydrogen (secondary N) is 4. The van der Waals surface area contributed by atoms with Crippen LogP contribution >= 0.6 is 0 Å². The van der Waals surface area contributed by atoms with Crippen molar-refractivity contribution in [3.05, 3.63) is 90.0 Å². The number of terminal acetylenes is 1. The third-order valence-electron chi connectivity index (χ3n) is 9.75. The van der Waals surface area contributed by atoms with Crippen molar-refractivity contribution >= 4 is 54.4 Å². The van der Waals surface area contributed by atoms with E-state index in [9.17, 15) is 24.0 Å². The van der Waals surface area contributed by atoms with Gasteiger partial charge in [-0.25, -0.2) is 14.4 Å². The number of ether oxygens (including phenoxy) is 2. The lowest BCUT2D eigenvalue weighted by Crippen LogP contribution is -2.66. The maximum absolute atomic E-state index is 14.1. The molecular weight excluding hydrogens is 793 g/mol. The van der Waals surface area contributed by atoms with E-state index in [-0.39, 0.29) is 50.1 Å². The Balaban J connectivity index is 2.02. The molecule has 15 heteroatoms. The van der Waals surface area contributed by atoms with Gasteiger partial charge in [-0.15, -0.1) is 12.3 Å². The average molecular weight is 857 g/mol. The Morgan fingerprint density at radius 2 is 1.46 bits per heavy atom. The minimum Gasteiger partial charge on any atom is -0.448 e. The van der Waals surface area contributed by atoms with Gasteiger partial charge in [-0.1, -0.05) is 101 Å². The highest BCUT2D eigenvalue weighted by molar-refractivity contribution is 6.99. The van der Waals surface area contributed by atoms with E-state index in [2.05, 4.69) is 72.2 Å². The van der Waals surface area contributed by atoms with E-state index in [0.29, 0.717) is 17.7 Å². The normalized spacial score (nSPS) is 12.6. The maximum Gasteiger partial charge on any atom is 0.409 e. The molecule has 0 bridgehead atoms. The number of alkyl carbamates (subject to hydrolysis) is 1. The summed E-state index contributed by atoms with van der Waals surface area (Å²) < 4.78 is 18.0. The number of hydrogen-bond acceptors (Lipinski definition) is 8. The Kier molecular flexibility index (Phi) is 18.4. The topological polar surface area (TPSA) is 190 Å². The van der Waals surface area contributed by atoms with Crippen LogP contribution in [0.1, 0.15) is 85.8 Å². The van der Waals surface area contributed by atoms with Crippen LogP contribution < -0.4 is 37.4 Å². The molecule has 0 saturated heterocycles. The second kappa shape index (κ2) is 22.7. The molecule has 0 unspecified atom stereocenters. The van der Waals surface area contributed by atoms with Crippen LogP contribution in [0.3, 0.4) is 0 Å². The van der Waals surface area contributed by atoms with Crippen LogP contribution in [0, 0.1) is 18.3 Å². The van der Waals surface area contributed by atoms with Crippen molar-refractivity contribution in [2.75, 3.05) is 25.5 Å². The Bertz CT molecular complexity index is 1940. The second-order valence-corrected chi connectivity index (χ2v) is 21.5. The zero-order valence-electron chi connectivity index (χ0n) is 37.1. The lowest BCUT2D eigenvalue weighted by molar-refractivity contribution is -0.128. The van der Waals surface area contributed by atoms with Crippen molar-refractivity contribution < 1.29 is 37.9 Å². The number of rotatable bonds is 19. The summed E-state index contributed by atoms with van der Waals surface area (Å²) in [6.45, 7) is 15.7. The quantitative estimate of drug-likeness (QED) is 0.0570. The van der Waals surface area contributed by atoms with Gasteiger partial charge in [-0.3, -0.25) is 9.59 Å². The molecule has 3 rings (SSSR count). The Hall–Kier alpha value is -5.85. The molecule has 0 aliphatic heterocycles. The molecule has 3 aromatic carbocycles. The fourth-order valence-corrected chi connectivity index (χ4v) is 11.3. The predicted octanol–water partition coefficient (Wildman–Crippen LogP) is 5.78. The third kappa shape index (κ3) is 15.0. The van der Waals surface area contributed by atoms with E-state index in [0.717, 1.165) is 15.9 Å². The van der Waals surface area contributed by atoms with Gasteiger partial charge < -0.3 is 45.8 Å². The minimum absolute atomic E-state index is 0.0621. The lowest BCUT2D eigenvalue weighted by Gasteiger charge is -2.43. The fourth-order valence-electron chi connectivity index (χ4n) is 6.81. The first-order valence-corrected chi connectivity index (χ1v) is 22.4. The molecule has 6 amide bonds. The van der Waals surface area contributed by atoms with E-state index in [4.69, 9.17) is 26.1 Å². The number of anilines is 1. The van der Waals surface area contributed by atoms with Gasteiger partial charge in [0.25, 0.3) is 8.32 Å². The summed E-state index contributed by atoms with van der Waals surface area (Å²) in [5.41, 5.74) is 6.31. The van der Waals surface area contributed by atoms with Crippen molar-refractivity contribution in [2.24, 2.45) is 11.7 Å². The third-order valence-corrected chi connectivity index (χ3v) is 14.7. The summed E-state index contributed by atoms with van der Waals surface area (Å²) in [6.07, 6.45) is 4.71. The van der Waals surface area contributed by atoms with Crippen LogP contribution in [0.25, 0.3) is 0 Å². The molecule has 0 radical (unpaired) electrons. The Morgan fingerprint density at radius 1 is 0.852 bits per heavy atom. The van der Waals surface area contributed by atoms with E-state index in [1.54, 1.807) is 53.8 Å². The largest absolute Gasteiger partial charge is 0.448 e. The van der Waals surface area contributed by atoms with E-state index >= 15 is 0 Å². The standard InChI is InChI=1S/C46H64N6O8Si/c1-11-12-28-58-44(57)52(10)30-34-29-35(26-25-33(34)31-59-61(46(7,8)9,36-20-15-13-16-21-36)37-22-17-14-18-23-37)49-40(53)38(24-19-27-48-42(47)55)50-41(54)39(32(2)3)51-43(56)60-45(4,5)6/h1,13-18,20-23,25-26,29,32,38-39H,12,19,24,27-28,30-31H2,2-10H3,(H,49,53)(H,50,54)(H,51,56)(H3,47,48,55)/t38-,39-/m0/s1. The highest BCUT2D eigenvalue weighted by Crippen LogP contribution is 2.37. The molecule has 0 aromatic heterocycles. The lowest BCUT2D eigenvalue weighted by atomic mass is 10.0. The van der Waals surface area contributed by atoms with Gasteiger partial charge in [0.05, 0.1) is 6.61 Å². The zero-order chi connectivity index (χ0) is 45.4. The number of nitrogens with two attached hydrogens (primary N) is 1. The van der Waals surface area contributed by atoms with Crippen molar-refractivity contribution in [2.45, 2.75) is 111 Å². The molecule has 330 valence electrons. The van der Waals surface area contributed by atoms with Crippen LogP contribution in [0.2, 0.25) is 5.04 Å². The molecule has 6 N–H and O–H groups in total. The van der Waals surface area contributed by atoms with Crippen molar-refractivity contribution in [1.82, 2.24) is 20.9 Å². The van der Waals surface area contributed by atoms with Crippen LogP contribution in [0.5, 0.6) is 0 Å². The van der Waals surface area contributed by atoms with E-state index in [1.165, 1.54) is 4.90 Å². The minimum atomic E-state index is -2.97. The Morgan fingerprint density at radius 3 is 1.98 bits per heavy atom. The monoisotopic (exact) mass is 856 g/mol. The molecule has 61 heavy (non-hydrogen) atoms. The fraction of sp³-hybridized carbons (Fsp3) is 0.457. The van der Waals surface area contributed by atoms with Gasteiger partial charge in [0.15, 0.2) is 0 Å². The second-order valence-electron chi connectivity index (χ2n) is 17.2. The summed E-state index contributed by atoms with van der Waals surface area (Å²) in [5, 5.41) is 12.7. The first kappa shape index (κ1) is 49.5. The summed E-state index contributed by atoms with van der Waals surface area (Å²) in [7, 11) is -1.36. The molecule has 3 aromatic rings. The molecule has 0 saturated carbocycles. The summed E-state index contributed by atoms with van der Waals surface area (Å²) in [6, 6.07) is 23.0. The number of benzene rings is 3. The number of amides is 6. The van der Waals surface area contributed by atoms with E-state index < -0.39 is 56.0 Å². The van der Waals surface area contributed by atoms with Gasteiger partial charge in [-0.05, 0) is 78.2 Å². The maximum atomic E-state index is 14.1. The van der Waals surface area contributed by atoms with Crippen molar-refractivity contribution in [3.8, 4) is 12.3 Å². The van der Waals surface area contributed by atoms with Crippen molar-refractivity contribution in [3.63, 3.8) is 0 Å². The smallest absolute Gasteiger partial charge is 0.409 e. The van der Waals surface area contributed by atoms with Crippen LogP contribution in [-0.4, -0.2) is 81.1 Å². The number of carbonyl (C=O) groups excluding carboxylic acids is 5. The molecule has 0 spiro atoms. The summed E-state index contributed by atoms with van der Waals surface area (Å²) >= 11 is 0. The molecule has 0 aliphatic rings. The highest BCUT2D eigenvalue weighted by atomic mass is 28.4. The highest BCUT2D eigenvalue weighted by Gasteiger charge is 2.50. The number of carbonyl (C=O) groups is 5. The molecule has 0 fully saturated rings. The summed E-state index contributed by atoms with van der Waals surface area (Å²) in [5.74, 6) is 0.968. The first-order valence-electron chi connectivity index (χ1n) is 20.5. The Labute approximate surface area is 362 Å². The molecule has 2 atom stereocenters. The summed E-state index contributed by atoms with van der Waals surface area (Å²) in [4.78, 5) is 66.2. The van der Waals surface area contributed by atoms with Crippen LogP contribution in [-0.2, 0) is 36.6 Å². The number of urea groups is 1. The number of primary amides is 1. The van der Waals surface area contributed by atoms with Gasteiger partial charge in [0.1, 0.15) is 24.3 Å². The van der Waals surface area contributed by atoms with Crippen LogP contribution in [0.4, 0.5) is 20.1 Å². The van der Waals surface area contributed by atoms with Gasteiger partial charge in [0, 0.05) is 32.2 Å². The first-order chi connectivity index (χ1) is 28.7. The van der Waals surface area contributed by atoms with Gasteiger partial charge in [0.2, 0.25) is 11.8 Å². The van der Waals surface area contributed by atoms with E-state index in [1.807, 2.05) is 42.5 Å². The zero-order valence-corrected chi connectivity index (χ0v) is 38.1. The molecule has 0 heterocycles.